The van der Waals surface area contributed by atoms with Crippen molar-refractivity contribution in [2.75, 3.05) is 12.4 Å². The Morgan fingerprint density at radius 3 is 2.60 bits per heavy atom. The SMILES string of the molecule is COc1cc(C)ccc1C(C)Nc1ccc(O)c(Cl)c1. The number of halogens is 1. The predicted octanol–water partition coefficient (Wildman–Crippen LogP) is 4.54. The molecule has 106 valence electrons. The Balaban J connectivity index is 2.23. The Hall–Kier alpha value is -1.87. The third kappa shape index (κ3) is 3.17. The summed E-state index contributed by atoms with van der Waals surface area (Å²) in [5.41, 5.74) is 3.08. The molecule has 20 heavy (non-hydrogen) atoms. The topological polar surface area (TPSA) is 41.5 Å². The largest absolute Gasteiger partial charge is 0.506 e. The van der Waals surface area contributed by atoms with Gasteiger partial charge in [-0.15, -0.1) is 0 Å². The number of ether oxygens (including phenoxy) is 1. The zero-order valence-electron chi connectivity index (χ0n) is 11.8. The molecule has 0 aliphatic heterocycles. The lowest BCUT2D eigenvalue weighted by atomic mass is 10.0. The summed E-state index contributed by atoms with van der Waals surface area (Å²) in [6.07, 6.45) is 0. The summed E-state index contributed by atoms with van der Waals surface area (Å²) < 4.78 is 5.42. The van der Waals surface area contributed by atoms with Gasteiger partial charge in [-0.3, -0.25) is 0 Å². The highest BCUT2D eigenvalue weighted by molar-refractivity contribution is 6.32. The highest BCUT2D eigenvalue weighted by Crippen LogP contribution is 2.31. The number of phenolic OH excluding ortho intramolecular Hbond substituents is 1. The maximum absolute atomic E-state index is 9.43. The third-order valence-electron chi connectivity index (χ3n) is 3.19. The van der Waals surface area contributed by atoms with Crippen LogP contribution in [0.5, 0.6) is 11.5 Å². The Kier molecular flexibility index (Phi) is 4.40. The molecule has 1 atom stereocenters. The van der Waals surface area contributed by atoms with E-state index in [1.165, 1.54) is 0 Å². The van der Waals surface area contributed by atoms with E-state index in [0.29, 0.717) is 5.02 Å². The van der Waals surface area contributed by atoms with Crippen LogP contribution in [0.15, 0.2) is 36.4 Å². The van der Waals surface area contributed by atoms with Crippen molar-refractivity contribution in [1.29, 1.82) is 0 Å². The van der Waals surface area contributed by atoms with Crippen molar-refractivity contribution >= 4 is 17.3 Å². The van der Waals surface area contributed by atoms with Crippen LogP contribution in [0.4, 0.5) is 5.69 Å². The van der Waals surface area contributed by atoms with Crippen LogP contribution >= 0.6 is 11.6 Å². The summed E-state index contributed by atoms with van der Waals surface area (Å²) in [4.78, 5) is 0. The number of methoxy groups -OCH3 is 1. The van der Waals surface area contributed by atoms with Crippen LogP contribution < -0.4 is 10.1 Å². The summed E-state index contributed by atoms with van der Waals surface area (Å²) in [5.74, 6) is 0.938. The van der Waals surface area contributed by atoms with E-state index in [0.717, 1.165) is 22.6 Å². The molecule has 2 aromatic carbocycles. The second-order valence-electron chi connectivity index (χ2n) is 4.78. The fourth-order valence-electron chi connectivity index (χ4n) is 2.10. The second-order valence-corrected chi connectivity index (χ2v) is 5.18. The number of aryl methyl sites for hydroxylation is 1. The minimum atomic E-state index is 0.0613. The lowest BCUT2D eigenvalue weighted by Gasteiger charge is -2.19. The first-order chi connectivity index (χ1) is 9.51. The Morgan fingerprint density at radius 1 is 1.20 bits per heavy atom. The lowest BCUT2D eigenvalue weighted by molar-refractivity contribution is 0.407. The summed E-state index contributed by atoms with van der Waals surface area (Å²) in [5, 5.41) is 13.1. The van der Waals surface area contributed by atoms with Gasteiger partial charge in [0.05, 0.1) is 18.2 Å². The third-order valence-corrected chi connectivity index (χ3v) is 3.49. The van der Waals surface area contributed by atoms with Crippen LogP contribution in [-0.2, 0) is 0 Å². The fourth-order valence-corrected chi connectivity index (χ4v) is 2.28. The van der Waals surface area contributed by atoms with Crippen molar-refractivity contribution in [3.63, 3.8) is 0 Å². The quantitative estimate of drug-likeness (QED) is 0.813. The molecule has 0 aromatic heterocycles. The molecular formula is C16H18ClNO2. The zero-order chi connectivity index (χ0) is 14.7. The van der Waals surface area contributed by atoms with Gasteiger partial charge in [-0.2, -0.15) is 0 Å². The van der Waals surface area contributed by atoms with Gasteiger partial charge in [-0.1, -0.05) is 23.7 Å². The van der Waals surface area contributed by atoms with Gasteiger partial charge in [0.1, 0.15) is 11.5 Å². The van der Waals surface area contributed by atoms with Gasteiger partial charge in [0.2, 0.25) is 0 Å². The maximum atomic E-state index is 9.43. The Morgan fingerprint density at radius 2 is 1.95 bits per heavy atom. The molecule has 2 rings (SSSR count). The highest BCUT2D eigenvalue weighted by atomic mass is 35.5. The van der Waals surface area contributed by atoms with Gasteiger partial charge in [-0.05, 0) is 43.7 Å². The minimum Gasteiger partial charge on any atom is -0.506 e. The van der Waals surface area contributed by atoms with Crippen molar-refractivity contribution in [2.45, 2.75) is 19.9 Å². The fraction of sp³-hybridized carbons (Fsp3) is 0.250. The molecule has 2 aromatic rings. The predicted molar refractivity (Wildman–Crippen MR) is 82.9 cm³/mol. The summed E-state index contributed by atoms with van der Waals surface area (Å²) in [7, 11) is 1.67. The summed E-state index contributed by atoms with van der Waals surface area (Å²) in [6, 6.07) is 11.2. The van der Waals surface area contributed by atoms with Crippen molar-refractivity contribution in [3.8, 4) is 11.5 Å². The zero-order valence-corrected chi connectivity index (χ0v) is 12.5. The highest BCUT2D eigenvalue weighted by Gasteiger charge is 2.12. The number of nitrogens with one attached hydrogen (secondary N) is 1. The molecule has 0 bridgehead atoms. The summed E-state index contributed by atoms with van der Waals surface area (Å²) >= 11 is 5.91. The van der Waals surface area contributed by atoms with Crippen molar-refractivity contribution in [3.05, 3.63) is 52.5 Å². The van der Waals surface area contributed by atoms with E-state index in [9.17, 15) is 5.11 Å². The molecule has 0 amide bonds. The molecule has 2 N–H and O–H groups in total. The normalized spacial score (nSPS) is 12.0. The number of phenols is 1. The van der Waals surface area contributed by atoms with Gasteiger partial charge < -0.3 is 15.2 Å². The first-order valence-electron chi connectivity index (χ1n) is 6.41. The van der Waals surface area contributed by atoms with Crippen LogP contribution in [0.1, 0.15) is 24.1 Å². The number of aromatic hydroxyl groups is 1. The van der Waals surface area contributed by atoms with E-state index in [-0.39, 0.29) is 11.8 Å². The molecule has 0 fully saturated rings. The van der Waals surface area contributed by atoms with Crippen LogP contribution in [0.25, 0.3) is 0 Å². The molecule has 0 aliphatic rings. The smallest absolute Gasteiger partial charge is 0.134 e. The average molecular weight is 292 g/mol. The molecule has 0 aliphatic carbocycles. The van der Waals surface area contributed by atoms with Crippen LogP contribution in [0, 0.1) is 6.92 Å². The Labute approximate surface area is 124 Å². The second kappa shape index (κ2) is 6.06. The summed E-state index contributed by atoms with van der Waals surface area (Å²) in [6.45, 7) is 4.08. The minimum absolute atomic E-state index is 0.0613. The van der Waals surface area contributed by atoms with Gasteiger partial charge >= 0.3 is 0 Å². The molecule has 3 nitrogen and oxygen atoms in total. The van der Waals surface area contributed by atoms with E-state index in [1.807, 2.05) is 26.0 Å². The molecule has 0 radical (unpaired) electrons. The Bertz CT molecular complexity index is 613. The first kappa shape index (κ1) is 14.5. The van der Waals surface area contributed by atoms with Crippen molar-refractivity contribution < 1.29 is 9.84 Å². The van der Waals surface area contributed by atoms with E-state index >= 15 is 0 Å². The van der Waals surface area contributed by atoms with Gasteiger partial charge in [0.25, 0.3) is 0 Å². The molecule has 0 heterocycles. The molecule has 0 saturated heterocycles. The van der Waals surface area contributed by atoms with Gasteiger partial charge in [-0.25, -0.2) is 0 Å². The maximum Gasteiger partial charge on any atom is 0.134 e. The lowest BCUT2D eigenvalue weighted by Crippen LogP contribution is -2.08. The number of anilines is 1. The molecule has 0 spiro atoms. The number of hydrogen-bond donors (Lipinski definition) is 2. The van der Waals surface area contributed by atoms with Gasteiger partial charge in [0.15, 0.2) is 0 Å². The average Bonchev–Trinajstić information content (AvgIpc) is 2.42. The van der Waals surface area contributed by atoms with Crippen molar-refractivity contribution in [1.82, 2.24) is 0 Å². The van der Waals surface area contributed by atoms with Crippen LogP contribution in [0.2, 0.25) is 5.02 Å². The monoisotopic (exact) mass is 291 g/mol. The van der Waals surface area contributed by atoms with Crippen molar-refractivity contribution in [2.24, 2.45) is 0 Å². The van der Waals surface area contributed by atoms with E-state index in [1.54, 1.807) is 25.3 Å². The van der Waals surface area contributed by atoms with E-state index in [4.69, 9.17) is 16.3 Å². The van der Waals surface area contributed by atoms with Crippen LogP contribution in [-0.4, -0.2) is 12.2 Å². The van der Waals surface area contributed by atoms with Crippen LogP contribution in [0.3, 0.4) is 0 Å². The number of rotatable bonds is 4. The van der Waals surface area contributed by atoms with Gasteiger partial charge in [0, 0.05) is 11.3 Å². The molecule has 0 saturated carbocycles. The van der Waals surface area contributed by atoms with E-state index in [2.05, 4.69) is 11.4 Å². The number of benzene rings is 2. The molecular weight excluding hydrogens is 274 g/mol. The number of hydrogen-bond acceptors (Lipinski definition) is 3. The first-order valence-corrected chi connectivity index (χ1v) is 6.78. The van der Waals surface area contributed by atoms with E-state index < -0.39 is 0 Å². The standard InChI is InChI=1S/C16H18ClNO2/c1-10-4-6-13(16(8-10)20-3)11(2)18-12-5-7-15(19)14(17)9-12/h4-9,11,18-19H,1-3H3. The molecule has 4 heteroatoms. The molecule has 1 unspecified atom stereocenters.